The Kier molecular flexibility index (Phi) is 5.55. The Hall–Kier alpha value is -2.33. The highest BCUT2D eigenvalue weighted by molar-refractivity contribution is 7.99. The molecule has 22 heavy (non-hydrogen) atoms. The molecule has 0 aliphatic carbocycles. The molecule has 6 nitrogen and oxygen atoms in total. The Balaban J connectivity index is 2.12. The van der Waals surface area contributed by atoms with Gasteiger partial charge in [-0.1, -0.05) is 0 Å². The summed E-state index contributed by atoms with van der Waals surface area (Å²) in [6, 6.07) is 5.51. The molecule has 7 heteroatoms. The van der Waals surface area contributed by atoms with Gasteiger partial charge in [0.05, 0.1) is 30.0 Å². The molecule has 0 bridgehead atoms. The van der Waals surface area contributed by atoms with Gasteiger partial charge >= 0.3 is 5.97 Å². The average molecular weight is 316 g/mol. The summed E-state index contributed by atoms with van der Waals surface area (Å²) in [4.78, 5) is 16.2. The van der Waals surface area contributed by atoms with Gasteiger partial charge in [0.1, 0.15) is 11.1 Å². The van der Waals surface area contributed by atoms with E-state index in [-0.39, 0.29) is 0 Å². The van der Waals surface area contributed by atoms with Crippen molar-refractivity contribution in [3.63, 3.8) is 0 Å². The van der Waals surface area contributed by atoms with Crippen molar-refractivity contribution in [1.82, 2.24) is 14.8 Å². The molecule has 0 spiro atoms. The third-order valence-electron chi connectivity index (χ3n) is 2.91. The number of carbonyl (C=O) groups is 1. The number of hydrogen-bond acceptors (Lipinski definition) is 6. The number of aryl methyl sites for hydroxylation is 2. The monoisotopic (exact) mass is 316 g/mol. The predicted molar refractivity (Wildman–Crippen MR) is 82.6 cm³/mol. The molecule has 2 rings (SSSR count). The van der Waals surface area contributed by atoms with Crippen molar-refractivity contribution in [2.45, 2.75) is 25.4 Å². The fraction of sp³-hybridized carbons (Fsp3) is 0.333. The molecule has 0 saturated carbocycles. The Morgan fingerprint density at radius 1 is 1.55 bits per heavy atom. The van der Waals surface area contributed by atoms with Crippen LogP contribution in [0.3, 0.4) is 0 Å². The van der Waals surface area contributed by atoms with E-state index in [1.165, 1.54) is 11.8 Å². The lowest BCUT2D eigenvalue weighted by Gasteiger charge is -2.09. The maximum Gasteiger partial charge on any atom is 0.340 e. The molecule has 0 amide bonds. The van der Waals surface area contributed by atoms with Crippen LogP contribution in [-0.4, -0.2) is 33.1 Å². The first kappa shape index (κ1) is 16.0. The van der Waals surface area contributed by atoms with Gasteiger partial charge in [-0.15, -0.1) is 11.8 Å². The van der Waals surface area contributed by atoms with Crippen molar-refractivity contribution < 1.29 is 9.53 Å². The first-order valence-corrected chi connectivity index (χ1v) is 7.83. The number of pyridine rings is 1. The fourth-order valence-electron chi connectivity index (χ4n) is 1.86. The molecule has 0 aliphatic rings. The molecule has 0 radical (unpaired) electrons. The van der Waals surface area contributed by atoms with Gasteiger partial charge in [0.2, 0.25) is 0 Å². The third-order valence-corrected chi connectivity index (χ3v) is 3.88. The van der Waals surface area contributed by atoms with Gasteiger partial charge < -0.3 is 4.74 Å². The van der Waals surface area contributed by atoms with E-state index in [1.54, 1.807) is 26.1 Å². The van der Waals surface area contributed by atoms with Crippen molar-refractivity contribution in [2.24, 2.45) is 0 Å². The molecule has 2 aromatic heterocycles. The lowest BCUT2D eigenvalue weighted by atomic mass is 10.1. The number of thioether (sulfide) groups is 1. The highest BCUT2D eigenvalue weighted by Crippen LogP contribution is 2.23. The molecule has 0 N–H and O–H groups in total. The van der Waals surface area contributed by atoms with Crippen LogP contribution in [0, 0.1) is 18.3 Å². The predicted octanol–water partition coefficient (Wildman–Crippen LogP) is 2.43. The van der Waals surface area contributed by atoms with Gasteiger partial charge in [0.25, 0.3) is 0 Å². The summed E-state index contributed by atoms with van der Waals surface area (Å²) in [5.41, 5.74) is 1.30. The van der Waals surface area contributed by atoms with Crippen molar-refractivity contribution in [3.8, 4) is 6.07 Å². The topological polar surface area (TPSA) is 80.8 Å². The van der Waals surface area contributed by atoms with Gasteiger partial charge in [-0.25, -0.2) is 9.78 Å². The maximum atomic E-state index is 11.8. The van der Waals surface area contributed by atoms with Crippen molar-refractivity contribution in [3.05, 3.63) is 41.3 Å². The maximum absolute atomic E-state index is 11.8. The first-order valence-electron chi connectivity index (χ1n) is 6.84. The number of nitrogens with zero attached hydrogens (tertiary/aromatic N) is 4. The summed E-state index contributed by atoms with van der Waals surface area (Å²) >= 11 is 1.47. The lowest BCUT2D eigenvalue weighted by molar-refractivity contribution is 0.0524. The molecule has 0 aliphatic heterocycles. The number of nitriles is 1. The van der Waals surface area contributed by atoms with Crippen LogP contribution in [0.4, 0.5) is 0 Å². The number of hydrogen-bond donors (Lipinski definition) is 0. The molecule has 114 valence electrons. The van der Waals surface area contributed by atoms with E-state index in [9.17, 15) is 10.1 Å². The van der Waals surface area contributed by atoms with Gasteiger partial charge in [-0.2, -0.15) is 10.4 Å². The quantitative estimate of drug-likeness (QED) is 0.601. The zero-order valence-electron chi connectivity index (χ0n) is 12.4. The van der Waals surface area contributed by atoms with E-state index in [4.69, 9.17) is 4.74 Å². The molecule has 0 aromatic carbocycles. The molecular weight excluding hydrogens is 300 g/mol. The van der Waals surface area contributed by atoms with Crippen LogP contribution < -0.4 is 0 Å². The third kappa shape index (κ3) is 3.86. The largest absolute Gasteiger partial charge is 0.462 e. The molecule has 0 fully saturated rings. The smallest absolute Gasteiger partial charge is 0.340 e. The van der Waals surface area contributed by atoms with E-state index < -0.39 is 5.97 Å². The molecule has 0 unspecified atom stereocenters. The van der Waals surface area contributed by atoms with Gasteiger partial charge in [-0.05, 0) is 26.0 Å². The summed E-state index contributed by atoms with van der Waals surface area (Å²) in [6.45, 7) is 4.50. The van der Waals surface area contributed by atoms with Crippen molar-refractivity contribution in [2.75, 3.05) is 12.4 Å². The zero-order chi connectivity index (χ0) is 15.9. The molecule has 0 atom stereocenters. The van der Waals surface area contributed by atoms with E-state index >= 15 is 0 Å². The molecule has 2 heterocycles. The number of aromatic nitrogens is 3. The van der Waals surface area contributed by atoms with Gasteiger partial charge in [0.15, 0.2) is 0 Å². The normalized spacial score (nSPS) is 10.2. The van der Waals surface area contributed by atoms with E-state index in [0.717, 1.165) is 12.3 Å². The Bertz CT molecular complexity index is 692. The summed E-state index contributed by atoms with van der Waals surface area (Å²) in [5.74, 6) is 0.291. The van der Waals surface area contributed by atoms with Crippen molar-refractivity contribution in [1.29, 1.82) is 5.26 Å². The van der Waals surface area contributed by atoms with Crippen LogP contribution in [-0.2, 0) is 11.3 Å². The molecular formula is C15H16N4O2S. The second-order valence-electron chi connectivity index (χ2n) is 4.42. The summed E-state index contributed by atoms with van der Waals surface area (Å²) in [6.07, 6.45) is 3.61. The summed E-state index contributed by atoms with van der Waals surface area (Å²) < 4.78 is 6.79. The van der Waals surface area contributed by atoms with E-state index in [1.807, 2.05) is 16.9 Å². The Morgan fingerprint density at radius 3 is 3.00 bits per heavy atom. The minimum Gasteiger partial charge on any atom is -0.462 e. The van der Waals surface area contributed by atoms with Crippen LogP contribution in [0.2, 0.25) is 0 Å². The molecule has 2 aromatic rings. The number of carbonyl (C=O) groups excluding carboxylic acids is 1. The van der Waals surface area contributed by atoms with E-state index in [0.29, 0.717) is 28.5 Å². The zero-order valence-corrected chi connectivity index (χ0v) is 13.3. The van der Waals surface area contributed by atoms with Crippen molar-refractivity contribution >= 4 is 17.7 Å². The van der Waals surface area contributed by atoms with Crippen LogP contribution in [0.15, 0.2) is 29.6 Å². The SMILES string of the molecule is CCOC(=O)c1cc(C#N)c(SCCn2cccn2)nc1C. The Labute approximate surface area is 133 Å². The molecule has 0 saturated heterocycles. The van der Waals surface area contributed by atoms with Crippen LogP contribution in [0.1, 0.15) is 28.5 Å². The average Bonchev–Trinajstić information content (AvgIpc) is 3.01. The number of esters is 1. The summed E-state index contributed by atoms with van der Waals surface area (Å²) in [5, 5.41) is 14.0. The van der Waals surface area contributed by atoms with Crippen LogP contribution in [0.25, 0.3) is 0 Å². The van der Waals surface area contributed by atoms with Crippen LogP contribution >= 0.6 is 11.8 Å². The standard InChI is InChI=1S/C15H16N4O2S/c1-3-21-15(20)13-9-12(10-16)14(18-11(13)2)22-8-7-19-6-4-5-17-19/h4-6,9H,3,7-8H2,1-2H3. The lowest BCUT2D eigenvalue weighted by Crippen LogP contribution is -2.09. The van der Waals surface area contributed by atoms with Crippen LogP contribution in [0.5, 0.6) is 0 Å². The number of rotatable bonds is 6. The summed E-state index contributed by atoms with van der Waals surface area (Å²) in [7, 11) is 0. The number of ether oxygens (including phenoxy) is 1. The Morgan fingerprint density at radius 2 is 2.36 bits per heavy atom. The highest BCUT2D eigenvalue weighted by atomic mass is 32.2. The fourth-order valence-corrected chi connectivity index (χ4v) is 2.79. The minimum absolute atomic E-state index is 0.292. The second-order valence-corrected chi connectivity index (χ2v) is 5.51. The van der Waals surface area contributed by atoms with E-state index in [2.05, 4.69) is 16.2 Å². The first-order chi connectivity index (χ1) is 10.7. The van der Waals surface area contributed by atoms with Gasteiger partial charge in [0, 0.05) is 18.1 Å². The van der Waals surface area contributed by atoms with Gasteiger partial charge in [-0.3, -0.25) is 4.68 Å². The second kappa shape index (κ2) is 7.61. The highest BCUT2D eigenvalue weighted by Gasteiger charge is 2.16. The minimum atomic E-state index is -0.447.